The fourth-order valence-corrected chi connectivity index (χ4v) is 2.23. The Morgan fingerprint density at radius 3 is 2.48 bits per heavy atom. The lowest BCUT2D eigenvalue weighted by atomic mass is 9.93. The van der Waals surface area contributed by atoms with E-state index < -0.39 is 5.97 Å². The summed E-state index contributed by atoms with van der Waals surface area (Å²) < 4.78 is 4.99. The van der Waals surface area contributed by atoms with Crippen molar-refractivity contribution in [2.75, 3.05) is 6.61 Å². The van der Waals surface area contributed by atoms with Crippen LogP contribution < -0.4 is 0 Å². The highest BCUT2D eigenvalue weighted by molar-refractivity contribution is 5.93. The number of esters is 1. The van der Waals surface area contributed by atoms with Gasteiger partial charge in [0.25, 0.3) is 0 Å². The molecule has 112 valence electrons. The average molecular weight is 285 g/mol. The van der Waals surface area contributed by atoms with Gasteiger partial charge in [0.2, 0.25) is 0 Å². The predicted molar refractivity (Wildman–Crippen MR) is 83.5 cm³/mol. The first-order valence-corrected chi connectivity index (χ1v) is 7.41. The van der Waals surface area contributed by atoms with E-state index in [1.165, 1.54) is 5.56 Å². The van der Waals surface area contributed by atoms with Gasteiger partial charge in [-0.2, -0.15) is 5.26 Å². The summed E-state index contributed by atoms with van der Waals surface area (Å²) in [5.74, 6) is -0.0998. The molecule has 0 saturated carbocycles. The van der Waals surface area contributed by atoms with Crippen LogP contribution in [0.25, 0.3) is 0 Å². The van der Waals surface area contributed by atoms with Gasteiger partial charge < -0.3 is 4.74 Å². The summed E-state index contributed by atoms with van der Waals surface area (Å²) in [7, 11) is 0. The van der Waals surface area contributed by atoms with E-state index in [9.17, 15) is 10.1 Å². The Bertz CT molecular complexity index is 524. The van der Waals surface area contributed by atoms with Crippen LogP contribution >= 0.6 is 0 Å². The molecule has 3 heteroatoms. The number of nitriles is 1. The van der Waals surface area contributed by atoms with E-state index in [2.05, 4.69) is 26.0 Å². The molecule has 0 aliphatic rings. The van der Waals surface area contributed by atoms with Crippen molar-refractivity contribution in [1.82, 2.24) is 0 Å². The van der Waals surface area contributed by atoms with Gasteiger partial charge in [0.15, 0.2) is 0 Å². The van der Waals surface area contributed by atoms with Gasteiger partial charge in [-0.05, 0) is 43.2 Å². The van der Waals surface area contributed by atoms with E-state index in [0.29, 0.717) is 12.3 Å². The quantitative estimate of drug-likeness (QED) is 0.431. The number of nitrogens with zero attached hydrogens (tertiary/aromatic N) is 1. The molecule has 0 amide bonds. The van der Waals surface area contributed by atoms with Gasteiger partial charge in [0.05, 0.1) is 6.61 Å². The van der Waals surface area contributed by atoms with Gasteiger partial charge in [0.1, 0.15) is 11.6 Å². The second-order valence-corrected chi connectivity index (χ2v) is 5.39. The summed E-state index contributed by atoms with van der Waals surface area (Å²) in [6.45, 7) is 6.21. The Morgan fingerprint density at radius 2 is 1.95 bits per heavy atom. The van der Waals surface area contributed by atoms with Crippen LogP contribution in [0.3, 0.4) is 0 Å². The molecule has 0 heterocycles. The topological polar surface area (TPSA) is 50.1 Å². The fraction of sp³-hybridized carbons (Fsp3) is 0.444. The van der Waals surface area contributed by atoms with Crippen LogP contribution in [0.2, 0.25) is 0 Å². The van der Waals surface area contributed by atoms with Crippen LogP contribution in [0.15, 0.2) is 41.5 Å². The summed E-state index contributed by atoms with van der Waals surface area (Å²) in [4.78, 5) is 11.9. The highest BCUT2D eigenvalue weighted by Crippen LogP contribution is 2.21. The monoisotopic (exact) mass is 285 g/mol. The zero-order valence-corrected chi connectivity index (χ0v) is 13.1. The van der Waals surface area contributed by atoms with E-state index in [4.69, 9.17) is 4.74 Å². The molecule has 0 N–H and O–H groups in total. The Hall–Kier alpha value is -2.08. The zero-order valence-electron chi connectivity index (χ0n) is 13.1. The number of rotatable bonds is 7. The predicted octanol–water partition coefficient (Wildman–Crippen LogP) is 4.05. The van der Waals surface area contributed by atoms with Gasteiger partial charge in [-0.3, -0.25) is 0 Å². The number of allylic oxidation sites excluding steroid dienone is 1. The van der Waals surface area contributed by atoms with Crippen LogP contribution in [-0.4, -0.2) is 12.6 Å². The van der Waals surface area contributed by atoms with Crippen LogP contribution in [0.1, 0.15) is 39.2 Å². The Balaban J connectivity index is 2.92. The molecule has 0 unspecified atom stereocenters. The molecule has 0 bridgehead atoms. The first-order chi connectivity index (χ1) is 10.1. The standard InChI is InChI=1S/C18H23NO2/c1-4-21-18(20)17(13-19)16(12-14(2)3)11-10-15-8-6-5-7-9-15/h5-9,14H,4,10-12H2,1-3H3/b17-16+. The van der Waals surface area contributed by atoms with Crippen molar-refractivity contribution in [2.24, 2.45) is 5.92 Å². The van der Waals surface area contributed by atoms with Gasteiger partial charge in [0, 0.05) is 0 Å². The molecule has 0 radical (unpaired) electrons. The number of hydrogen-bond donors (Lipinski definition) is 0. The molecule has 3 nitrogen and oxygen atoms in total. The summed E-state index contributed by atoms with van der Waals surface area (Å²) in [5, 5.41) is 9.29. The summed E-state index contributed by atoms with van der Waals surface area (Å²) >= 11 is 0. The first-order valence-electron chi connectivity index (χ1n) is 7.41. The van der Waals surface area contributed by atoms with Crippen molar-refractivity contribution < 1.29 is 9.53 Å². The van der Waals surface area contributed by atoms with Crippen LogP contribution in [0.5, 0.6) is 0 Å². The van der Waals surface area contributed by atoms with Crippen molar-refractivity contribution >= 4 is 5.97 Å². The second-order valence-electron chi connectivity index (χ2n) is 5.39. The smallest absolute Gasteiger partial charge is 0.348 e. The maximum absolute atomic E-state index is 11.9. The summed E-state index contributed by atoms with van der Waals surface area (Å²) in [5.41, 5.74) is 2.29. The number of carbonyl (C=O) groups is 1. The molecule has 1 aromatic rings. The third-order valence-electron chi connectivity index (χ3n) is 3.16. The highest BCUT2D eigenvalue weighted by Gasteiger charge is 2.17. The number of aryl methyl sites for hydroxylation is 1. The van der Waals surface area contributed by atoms with Crippen molar-refractivity contribution in [2.45, 2.75) is 40.0 Å². The molecular formula is C18H23NO2. The molecule has 0 aromatic heterocycles. The lowest BCUT2D eigenvalue weighted by Crippen LogP contribution is -2.11. The third kappa shape index (κ3) is 5.83. The first kappa shape index (κ1) is 17.0. The zero-order chi connectivity index (χ0) is 15.7. The van der Waals surface area contributed by atoms with Crippen LogP contribution in [-0.2, 0) is 16.0 Å². The third-order valence-corrected chi connectivity index (χ3v) is 3.16. The summed E-state index contributed by atoms with van der Waals surface area (Å²) in [6.07, 6.45) is 2.28. The minimum absolute atomic E-state index is 0.182. The van der Waals surface area contributed by atoms with E-state index in [1.807, 2.05) is 24.3 Å². The van der Waals surface area contributed by atoms with Gasteiger partial charge in [-0.15, -0.1) is 0 Å². The lowest BCUT2D eigenvalue weighted by Gasteiger charge is -2.13. The fourth-order valence-electron chi connectivity index (χ4n) is 2.23. The molecule has 1 aromatic carbocycles. The van der Waals surface area contributed by atoms with Crippen molar-refractivity contribution in [1.29, 1.82) is 5.26 Å². The molecule has 0 saturated heterocycles. The highest BCUT2D eigenvalue weighted by atomic mass is 16.5. The number of carbonyl (C=O) groups excluding carboxylic acids is 1. The Labute approximate surface area is 127 Å². The minimum Gasteiger partial charge on any atom is -0.462 e. The van der Waals surface area contributed by atoms with Crippen LogP contribution in [0, 0.1) is 17.2 Å². The largest absolute Gasteiger partial charge is 0.462 e. The molecule has 0 aliphatic heterocycles. The van der Waals surface area contributed by atoms with E-state index in [1.54, 1.807) is 6.92 Å². The minimum atomic E-state index is -0.497. The molecule has 0 spiro atoms. The molecular weight excluding hydrogens is 262 g/mol. The van der Waals surface area contributed by atoms with E-state index in [-0.39, 0.29) is 12.2 Å². The van der Waals surface area contributed by atoms with Crippen LogP contribution in [0.4, 0.5) is 0 Å². The number of benzene rings is 1. The van der Waals surface area contributed by atoms with E-state index >= 15 is 0 Å². The lowest BCUT2D eigenvalue weighted by molar-refractivity contribution is -0.138. The summed E-state index contributed by atoms with van der Waals surface area (Å²) in [6, 6.07) is 12.1. The van der Waals surface area contributed by atoms with Crippen molar-refractivity contribution in [3.63, 3.8) is 0 Å². The van der Waals surface area contributed by atoms with Gasteiger partial charge >= 0.3 is 5.97 Å². The second kappa shape index (κ2) is 8.97. The normalized spacial score (nSPS) is 11.8. The van der Waals surface area contributed by atoms with Gasteiger partial charge in [-0.1, -0.05) is 44.2 Å². The maximum atomic E-state index is 11.9. The van der Waals surface area contributed by atoms with Crippen molar-refractivity contribution in [3.05, 3.63) is 47.0 Å². The number of hydrogen-bond acceptors (Lipinski definition) is 3. The van der Waals surface area contributed by atoms with Crippen molar-refractivity contribution in [3.8, 4) is 6.07 Å². The molecule has 0 atom stereocenters. The van der Waals surface area contributed by atoms with E-state index in [0.717, 1.165) is 18.4 Å². The molecule has 1 rings (SSSR count). The maximum Gasteiger partial charge on any atom is 0.348 e. The number of ether oxygens (including phenoxy) is 1. The SMILES string of the molecule is CCOC(=O)/C(C#N)=C(\CCc1ccccc1)CC(C)C. The molecule has 21 heavy (non-hydrogen) atoms. The molecule has 0 fully saturated rings. The Kier molecular flexibility index (Phi) is 7.25. The van der Waals surface area contributed by atoms with Gasteiger partial charge in [-0.25, -0.2) is 4.79 Å². The average Bonchev–Trinajstić information content (AvgIpc) is 2.46. The molecule has 0 aliphatic carbocycles. The Morgan fingerprint density at radius 1 is 1.29 bits per heavy atom.